The summed E-state index contributed by atoms with van der Waals surface area (Å²) in [4.78, 5) is 14.5. The van der Waals surface area contributed by atoms with Crippen LogP contribution in [-0.2, 0) is 6.54 Å². The lowest BCUT2D eigenvalue weighted by Gasteiger charge is -2.34. The maximum Gasteiger partial charge on any atom is 0.127 e. The lowest BCUT2D eigenvalue weighted by molar-refractivity contribution is 0.135. The molecule has 3 N–H and O–H groups in total. The quantitative estimate of drug-likeness (QED) is 0.774. The van der Waals surface area contributed by atoms with Crippen molar-refractivity contribution in [1.82, 2.24) is 19.9 Å². The van der Waals surface area contributed by atoms with Crippen molar-refractivity contribution in [2.45, 2.75) is 31.8 Å². The predicted molar refractivity (Wildman–Crippen MR) is 91.7 cm³/mol. The molecular formula is C18H20FN5. The molecule has 1 aromatic carbocycles. The summed E-state index contributed by atoms with van der Waals surface area (Å²) in [6.45, 7) is 1.74. The van der Waals surface area contributed by atoms with Crippen molar-refractivity contribution in [3.63, 3.8) is 0 Å². The van der Waals surface area contributed by atoms with Crippen molar-refractivity contribution in [3.05, 3.63) is 53.7 Å². The van der Waals surface area contributed by atoms with E-state index in [-0.39, 0.29) is 11.9 Å². The van der Waals surface area contributed by atoms with Gasteiger partial charge in [-0.25, -0.2) is 14.4 Å². The minimum absolute atomic E-state index is 0.189. The van der Waals surface area contributed by atoms with E-state index in [1.54, 1.807) is 12.3 Å². The number of nitrogens with one attached hydrogen (secondary N) is 1. The third kappa shape index (κ3) is 2.85. The van der Waals surface area contributed by atoms with Crippen molar-refractivity contribution in [2.24, 2.45) is 0 Å². The van der Waals surface area contributed by atoms with E-state index >= 15 is 0 Å². The smallest absolute Gasteiger partial charge is 0.127 e. The zero-order chi connectivity index (χ0) is 16.5. The Labute approximate surface area is 139 Å². The number of piperidine rings is 1. The fourth-order valence-electron chi connectivity index (χ4n) is 3.45. The van der Waals surface area contributed by atoms with Crippen LogP contribution in [0.3, 0.4) is 0 Å². The number of aromatic amines is 1. The summed E-state index contributed by atoms with van der Waals surface area (Å²) in [6, 6.07) is 8.78. The molecule has 2 aromatic heterocycles. The van der Waals surface area contributed by atoms with Crippen LogP contribution in [0.4, 0.5) is 10.2 Å². The van der Waals surface area contributed by atoms with Crippen molar-refractivity contribution < 1.29 is 4.39 Å². The molecule has 1 fully saturated rings. The van der Waals surface area contributed by atoms with Gasteiger partial charge in [0.1, 0.15) is 17.5 Å². The molecule has 1 aliphatic heterocycles. The summed E-state index contributed by atoms with van der Waals surface area (Å²) in [5, 5.41) is 0. The van der Waals surface area contributed by atoms with Crippen LogP contribution in [0.5, 0.6) is 0 Å². The molecular weight excluding hydrogens is 305 g/mol. The van der Waals surface area contributed by atoms with Crippen LogP contribution in [0.1, 0.15) is 36.7 Å². The van der Waals surface area contributed by atoms with Crippen molar-refractivity contribution in [1.29, 1.82) is 0 Å². The number of pyridine rings is 1. The van der Waals surface area contributed by atoms with Gasteiger partial charge in [0, 0.05) is 18.3 Å². The second-order valence-electron chi connectivity index (χ2n) is 6.31. The lowest BCUT2D eigenvalue weighted by atomic mass is 10.0. The topological polar surface area (TPSA) is 70.8 Å². The number of anilines is 1. The van der Waals surface area contributed by atoms with Crippen molar-refractivity contribution in [3.8, 4) is 0 Å². The van der Waals surface area contributed by atoms with E-state index in [1.807, 2.05) is 12.1 Å². The van der Waals surface area contributed by atoms with Gasteiger partial charge in [-0.05, 0) is 43.7 Å². The Morgan fingerprint density at radius 1 is 1.29 bits per heavy atom. The molecule has 0 bridgehead atoms. The molecule has 0 saturated carbocycles. The second-order valence-corrected chi connectivity index (χ2v) is 6.31. The molecule has 0 spiro atoms. The molecule has 1 atom stereocenters. The number of imidazole rings is 1. The van der Waals surface area contributed by atoms with Gasteiger partial charge >= 0.3 is 0 Å². The van der Waals surface area contributed by atoms with Crippen molar-refractivity contribution in [2.75, 3.05) is 12.3 Å². The van der Waals surface area contributed by atoms with E-state index in [9.17, 15) is 4.39 Å². The molecule has 5 nitrogen and oxygen atoms in total. The largest absolute Gasteiger partial charge is 0.383 e. The van der Waals surface area contributed by atoms with E-state index in [2.05, 4.69) is 19.9 Å². The number of rotatable bonds is 3. The molecule has 4 rings (SSSR count). The first-order valence-electron chi connectivity index (χ1n) is 8.29. The van der Waals surface area contributed by atoms with Crippen LogP contribution in [0.2, 0.25) is 0 Å². The Bertz CT molecular complexity index is 859. The minimum atomic E-state index is -0.249. The highest BCUT2D eigenvalue weighted by atomic mass is 19.1. The van der Waals surface area contributed by atoms with Gasteiger partial charge in [0.15, 0.2) is 0 Å². The summed E-state index contributed by atoms with van der Waals surface area (Å²) >= 11 is 0. The lowest BCUT2D eigenvalue weighted by Crippen LogP contribution is -2.33. The van der Waals surface area contributed by atoms with Crippen molar-refractivity contribution >= 4 is 16.9 Å². The number of nitrogens with zero attached hydrogens (tertiary/aromatic N) is 3. The van der Waals surface area contributed by atoms with Crippen LogP contribution in [0.25, 0.3) is 11.0 Å². The third-order valence-electron chi connectivity index (χ3n) is 4.69. The highest BCUT2D eigenvalue weighted by molar-refractivity contribution is 5.75. The van der Waals surface area contributed by atoms with Gasteiger partial charge in [-0.2, -0.15) is 0 Å². The average Bonchev–Trinajstić information content (AvgIpc) is 3.00. The molecule has 1 aliphatic rings. The average molecular weight is 325 g/mol. The van der Waals surface area contributed by atoms with Gasteiger partial charge in [0.25, 0.3) is 0 Å². The number of nitrogen functional groups attached to an aromatic ring is 1. The van der Waals surface area contributed by atoms with E-state index in [1.165, 1.54) is 12.1 Å². The van der Waals surface area contributed by atoms with Crippen LogP contribution in [0, 0.1) is 5.82 Å². The Kier molecular flexibility index (Phi) is 3.90. The summed E-state index contributed by atoms with van der Waals surface area (Å²) < 4.78 is 13.4. The highest BCUT2D eigenvalue weighted by Crippen LogP contribution is 2.32. The second kappa shape index (κ2) is 6.20. The minimum Gasteiger partial charge on any atom is -0.383 e. The monoisotopic (exact) mass is 325 g/mol. The first-order chi connectivity index (χ1) is 11.7. The fourth-order valence-corrected chi connectivity index (χ4v) is 3.45. The number of likely N-dealkylation sites (tertiary alicyclic amines) is 1. The Morgan fingerprint density at radius 3 is 3.08 bits per heavy atom. The Morgan fingerprint density at radius 2 is 2.21 bits per heavy atom. The first kappa shape index (κ1) is 15.1. The summed E-state index contributed by atoms with van der Waals surface area (Å²) in [5.41, 5.74) is 8.58. The van der Waals surface area contributed by atoms with Gasteiger partial charge in [0.05, 0.1) is 17.1 Å². The van der Waals surface area contributed by atoms with Gasteiger partial charge in [-0.15, -0.1) is 0 Å². The summed E-state index contributed by atoms with van der Waals surface area (Å²) in [5.74, 6) is 1.23. The zero-order valence-electron chi connectivity index (χ0n) is 13.4. The van der Waals surface area contributed by atoms with Gasteiger partial charge in [-0.3, -0.25) is 4.90 Å². The molecule has 0 amide bonds. The van der Waals surface area contributed by atoms with E-state index in [0.29, 0.717) is 5.82 Å². The number of hydrogen-bond acceptors (Lipinski definition) is 4. The SMILES string of the molecule is Nc1ncccc1CN1CCCCC1c1nc2ccc(F)cc2[nH]1. The maximum atomic E-state index is 13.4. The molecule has 3 aromatic rings. The number of fused-ring (bicyclic) bond motifs is 1. The molecule has 3 heterocycles. The maximum absolute atomic E-state index is 13.4. The summed E-state index contributed by atoms with van der Waals surface area (Å²) in [6.07, 6.45) is 5.06. The number of halogens is 1. The standard InChI is InChI=1S/C18H20FN5/c19-13-6-7-14-15(10-13)23-18(22-14)16-5-1-2-9-24(16)11-12-4-3-8-21-17(12)20/h3-4,6-8,10,16H,1-2,5,9,11H2,(H2,20,21)(H,22,23). The number of aromatic nitrogens is 3. The molecule has 6 heteroatoms. The van der Waals surface area contributed by atoms with Crippen LogP contribution < -0.4 is 5.73 Å². The fraction of sp³-hybridized carbons (Fsp3) is 0.333. The number of nitrogens with two attached hydrogens (primary N) is 1. The molecule has 0 radical (unpaired) electrons. The number of benzene rings is 1. The van der Waals surface area contributed by atoms with E-state index < -0.39 is 0 Å². The van der Waals surface area contributed by atoms with Crippen LogP contribution in [-0.4, -0.2) is 26.4 Å². The highest BCUT2D eigenvalue weighted by Gasteiger charge is 2.27. The third-order valence-corrected chi connectivity index (χ3v) is 4.69. The van der Waals surface area contributed by atoms with Gasteiger partial charge < -0.3 is 10.7 Å². The van der Waals surface area contributed by atoms with Crippen LogP contribution in [0.15, 0.2) is 36.5 Å². The Hall–Kier alpha value is -2.47. The molecule has 124 valence electrons. The van der Waals surface area contributed by atoms with Gasteiger partial charge in [0.2, 0.25) is 0 Å². The van der Waals surface area contributed by atoms with E-state index in [4.69, 9.17) is 5.73 Å². The normalized spacial score (nSPS) is 19.0. The van der Waals surface area contributed by atoms with E-state index in [0.717, 1.165) is 54.8 Å². The first-order valence-corrected chi connectivity index (χ1v) is 8.29. The molecule has 0 aliphatic carbocycles. The number of hydrogen-bond donors (Lipinski definition) is 2. The predicted octanol–water partition coefficient (Wildman–Crippen LogP) is 3.41. The summed E-state index contributed by atoms with van der Waals surface area (Å²) in [7, 11) is 0. The number of H-pyrrole nitrogens is 1. The Balaban J connectivity index is 1.64. The molecule has 1 unspecified atom stereocenters. The zero-order valence-corrected chi connectivity index (χ0v) is 13.4. The van der Waals surface area contributed by atoms with Gasteiger partial charge in [-0.1, -0.05) is 12.5 Å². The van der Waals surface area contributed by atoms with Crippen LogP contribution >= 0.6 is 0 Å². The molecule has 1 saturated heterocycles. The molecule has 24 heavy (non-hydrogen) atoms.